The maximum absolute atomic E-state index is 13.3. The minimum Gasteiger partial charge on any atom is -0.490 e. The van der Waals surface area contributed by atoms with Crippen LogP contribution in [0.15, 0.2) is 57.4 Å². The minimum atomic E-state index is -0.223. The Hall–Kier alpha value is -3.44. The first-order valence-electron chi connectivity index (χ1n) is 11.2. The normalized spacial score (nSPS) is 11.0. The number of allylic oxidation sites excluding steroid dienone is 1. The standard InChI is InChI=1S/C26H27BrN4O3/c1-4-7-9-24-30-22-11-10-20(27)16-21(22)26(32)31(24)29-17-18-14-19(8-5-2)25(34-13-12-28)23(15-18)33-6-3/h5,10-11,14-17H,2,4,6-9,13H2,1,3H3. The molecular weight excluding hydrogens is 496 g/mol. The molecule has 0 unspecified atom stereocenters. The van der Waals surface area contributed by atoms with E-state index in [2.05, 4.69) is 34.5 Å². The number of fused-ring (bicyclic) bond motifs is 1. The molecule has 2 aromatic carbocycles. The number of rotatable bonds is 11. The molecule has 3 rings (SSSR count). The SMILES string of the molecule is C=CCc1cc(C=Nn2c(CCCC)nc3ccc(Br)cc3c2=O)cc(OCC)c1OCC#N. The molecule has 0 radical (unpaired) electrons. The van der Waals surface area contributed by atoms with E-state index in [1.165, 1.54) is 4.68 Å². The highest BCUT2D eigenvalue weighted by Crippen LogP contribution is 2.33. The van der Waals surface area contributed by atoms with E-state index in [9.17, 15) is 4.79 Å². The van der Waals surface area contributed by atoms with Gasteiger partial charge < -0.3 is 9.47 Å². The summed E-state index contributed by atoms with van der Waals surface area (Å²) in [4.78, 5) is 18.0. The van der Waals surface area contributed by atoms with E-state index < -0.39 is 0 Å². The Bertz CT molecular complexity index is 1310. The van der Waals surface area contributed by atoms with Crippen molar-refractivity contribution in [3.63, 3.8) is 0 Å². The average molecular weight is 523 g/mol. The zero-order valence-corrected chi connectivity index (χ0v) is 21.0. The van der Waals surface area contributed by atoms with E-state index in [1.807, 2.05) is 31.2 Å². The molecule has 0 N–H and O–H groups in total. The Morgan fingerprint density at radius 2 is 2.09 bits per heavy atom. The van der Waals surface area contributed by atoms with Gasteiger partial charge in [0.05, 0.1) is 23.7 Å². The van der Waals surface area contributed by atoms with Gasteiger partial charge in [0, 0.05) is 16.5 Å². The molecule has 8 heteroatoms. The van der Waals surface area contributed by atoms with Crippen LogP contribution in [0.5, 0.6) is 11.5 Å². The maximum atomic E-state index is 13.3. The van der Waals surface area contributed by atoms with Crippen LogP contribution in [0.3, 0.4) is 0 Å². The topological polar surface area (TPSA) is 89.5 Å². The second-order valence-corrected chi connectivity index (χ2v) is 8.45. The van der Waals surface area contributed by atoms with Crippen molar-refractivity contribution >= 4 is 33.0 Å². The number of hydrogen-bond donors (Lipinski definition) is 0. The second kappa shape index (κ2) is 12.1. The lowest BCUT2D eigenvalue weighted by Crippen LogP contribution is -2.22. The predicted molar refractivity (Wildman–Crippen MR) is 138 cm³/mol. The van der Waals surface area contributed by atoms with Gasteiger partial charge in [-0.2, -0.15) is 15.0 Å². The van der Waals surface area contributed by atoms with Crippen LogP contribution >= 0.6 is 15.9 Å². The van der Waals surface area contributed by atoms with E-state index in [0.29, 0.717) is 47.7 Å². The average Bonchev–Trinajstić information content (AvgIpc) is 2.82. The Morgan fingerprint density at radius 3 is 2.79 bits per heavy atom. The second-order valence-electron chi connectivity index (χ2n) is 7.53. The number of nitrogens with zero attached hydrogens (tertiary/aromatic N) is 4. The lowest BCUT2D eigenvalue weighted by atomic mass is 10.1. The summed E-state index contributed by atoms with van der Waals surface area (Å²) in [5.41, 5.74) is 1.97. The summed E-state index contributed by atoms with van der Waals surface area (Å²) in [7, 11) is 0. The fraction of sp³-hybridized carbons (Fsp3) is 0.308. The van der Waals surface area contributed by atoms with Crippen molar-refractivity contribution in [3.8, 4) is 17.6 Å². The molecule has 0 amide bonds. The summed E-state index contributed by atoms with van der Waals surface area (Å²) in [6.07, 6.45) is 6.41. The summed E-state index contributed by atoms with van der Waals surface area (Å²) in [6.45, 7) is 8.12. The Balaban J connectivity index is 2.12. The smallest absolute Gasteiger partial charge is 0.282 e. The third kappa shape index (κ3) is 5.91. The number of unbranched alkanes of at least 4 members (excludes halogenated alkanes) is 1. The summed E-state index contributed by atoms with van der Waals surface area (Å²) in [6, 6.07) is 11.1. The first kappa shape index (κ1) is 25.2. The number of aryl methyl sites for hydroxylation is 1. The van der Waals surface area contributed by atoms with Gasteiger partial charge in [0.15, 0.2) is 18.1 Å². The van der Waals surface area contributed by atoms with Crippen LogP contribution in [0.25, 0.3) is 10.9 Å². The lowest BCUT2D eigenvalue weighted by Gasteiger charge is -2.15. The molecule has 0 saturated heterocycles. The highest BCUT2D eigenvalue weighted by molar-refractivity contribution is 9.10. The lowest BCUT2D eigenvalue weighted by molar-refractivity contribution is 0.297. The molecule has 7 nitrogen and oxygen atoms in total. The van der Waals surface area contributed by atoms with Gasteiger partial charge in [-0.3, -0.25) is 4.79 Å². The third-order valence-electron chi connectivity index (χ3n) is 5.05. The van der Waals surface area contributed by atoms with Crippen molar-refractivity contribution in [3.05, 3.63) is 74.8 Å². The van der Waals surface area contributed by atoms with Crippen LogP contribution in [0.1, 0.15) is 43.6 Å². The molecule has 3 aromatic rings. The first-order chi connectivity index (χ1) is 16.5. The fourth-order valence-electron chi connectivity index (χ4n) is 3.53. The van der Waals surface area contributed by atoms with Gasteiger partial charge in [-0.1, -0.05) is 35.4 Å². The van der Waals surface area contributed by atoms with Crippen molar-refractivity contribution in [2.45, 2.75) is 39.5 Å². The fourth-order valence-corrected chi connectivity index (χ4v) is 3.89. The molecule has 34 heavy (non-hydrogen) atoms. The van der Waals surface area contributed by atoms with Gasteiger partial charge >= 0.3 is 0 Å². The van der Waals surface area contributed by atoms with Crippen LogP contribution in [-0.4, -0.2) is 29.1 Å². The highest BCUT2D eigenvalue weighted by atomic mass is 79.9. The highest BCUT2D eigenvalue weighted by Gasteiger charge is 2.14. The molecule has 0 bridgehead atoms. The van der Waals surface area contributed by atoms with Crippen molar-refractivity contribution in [2.75, 3.05) is 13.2 Å². The van der Waals surface area contributed by atoms with E-state index in [-0.39, 0.29) is 12.2 Å². The number of nitriles is 1. The Labute approximate surface area is 207 Å². The molecule has 176 valence electrons. The van der Waals surface area contributed by atoms with Crippen LogP contribution in [0.4, 0.5) is 0 Å². The number of halogens is 1. The van der Waals surface area contributed by atoms with Gasteiger partial charge in [-0.05, 0) is 55.7 Å². The molecule has 0 saturated carbocycles. The predicted octanol–water partition coefficient (Wildman–Crippen LogP) is 5.41. The zero-order chi connectivity index (χ0) is 24.5. The van der Waals surface area contributed by atoms with Gasteiger partial charge in [0.25, 0.3) is 5.56 Å². The largest absolute Gasteiger partial charge is 0.490 e. The van der Waals surface area contributed by atoms with Crippen molar-refractivity contribution in [2.24, 2.45) is 5.10 Å². The number of aromatic nitrogens is 2. The molecular formula is C26H27BrN4O3. The van der Waals surface area contributed by atoms with Crippen LogP contribution in [-0.2, 0) is 12.8 Å². The van der Waals surface area contributed by atoms with E-state index in [4.69, 9.17) is 19.7 Å². The zero-order valence-electron chi connectivity index (χ0n) is 19.4. The monoisotopic (exact) mass is 522 g/mol. The summed E-state index contributed by atoms with van der Waals surface area (Å²) in [5, 5.41) is 14.0. The van der Waals surface area contributed by atoms with Gasteiger partial charge in [0.2, 0.25) is 0 Å². The third-order valence-corrected chi connectivity index (χ3v) is 5.54. The first-order valence-corrected chi connectivity index (χ1v) is 12.0. The van der Waals surface area contributed by atoms with Crippen LogP contribution in [0.2, 0.25) is 0 Å². The summed E-state index contributed by atoms with van der Waals surface area (Å²) >= 11 is 3.43. The summed E-state index contributed by atoms with van der Waals surface area (Å²) in [5.74, 6) is 1.64. The molecule has 0 aliphatic carbocycles. The molecule has 0 aliphatic rings. The minimum absolute atomic E-state index is 0.0911. The van der Waals surface area contributed by atoms with Gasteiger partial charge in [-0.25, -0.2) is 4.98 Å². The van der Waals surface area contributed by atoms with Crippen LogP contribution < -0.4 is 15.0 Å². The van der Waals surface area contributed by atoms with Crippen LogP contribution in [0, 0.1) is 11.3 Å². The Morgan fingerprint density at radius 1 is 1.26 bits per heavy atom. The van der Waals surface area contributed by atoms with E-state index in [0.717, 1.165) is 28.4 Å². The van der Waals surface area contributed by atoms with Crippen molar-refractivity contribution < 1.29 is 9.47 Å². The van der Waals surface area contributed by atoms with E-state index >= 15 is 0 Å². The summed E-state index contributed by atoms with van der Waals surface area (Å²) < 4.78 is 13.6. The molecule has 1 heterocycles. The quantitative estimate of drug-likeness (QED) is 0.248. The van der Waals surface area contributed by atoms with Gasteiger partial charge in [0.1, 0.15) is 11.9 Å². The Kier molecular flexibility index (Phi) is 9.00. The molecule has 0 spiro atoms. The van der Waals surface area contributed by atoms with E-state index in [1.54, 1.807) is 24.4 Å². The number of ether oxygens (including phenoxy) is 2. The number of hydrogen-bond acceptors (Lipinski definition) is 6. The molecule has 0 atom stereocenters. The van der Waals surface area contributed by atoms with Crippen molar-refractivity contribution in [1.82, 2.24) is 9.66 Å². The molecule has 1 aromatic heterocycles. The van der Waals surface area contributed by atoms with Gasteiger partial charge in [-0.15, -0.1) is 6.58 Å². The molecule has 0 aliphatic heterocycles. The molecule has 0 fully saturated rings. The number of benzene rings is 2. The maximum Gasteiger partial charge on any atom is 0.282 e. The van der Waals surface area contributed by atoms with Crippen molar-refractivity contribution in [1.29, 1.82) is 5.26 Å².